The summed E-state index contributed by atoms with van der Waals surface area (Å²) in [6, 6.07) is 2.59. The van der Waals surface area contributed by atoms with Gasteiger partial charge in [0.05, 0.1) is 24.1 Å². The minimum absolute atomic E-state index is 0.0865. The third-order valence-electron chi connectivity index (χ3n) is 3.35. The number of hydrogen-bond acceptors (Lipinski definition) is 4. The molecule has 1 aromatic heterocycles. The van der Waals surface area contributed by atoms with Crippen molar-refractivity contribution in [2.24, 2.45) is 0 Å². The van der Waals surface area contributed by atoms with Gasteiger partial charge in [-0.1, -0.05) is 13.8 Å². The maximum Gasteiger partial charge on any atom is 0.0801 e. The molecule has 1 saturated heterocycles. The number of aromatic nitrogens is 1. The van der Waals surface area contributed by atoms with Crippen molar-refractivity contribution < 1.29 is 4.74 Å². The first-order valence-corrected chi connectivity index (χ1v) is 7.03. The molecular weight excluding hydrogens is 238 g/mol. The molecule has 0 spiro atoms. The Bertz CT molecular complexity index is 418. The van der Waals surface area contributed by atoms with Gasteiger partial charge in [-0.3, -0.25) is 4.98 Å². The summed E-state index contributed by atoms with van der Waals surface area (Å²) in [6.07, 6.45) is 3.84. The largest absolute Gasteiger partial charge is 0.372 e. The van der Waals surface area contributed by atoms with Crippen molar-refractivity contribution in [3.8, 4) is 0 Å². The van der Waals surface area contributed by atoms with E-state index in [1.54, 1.807) is 0 Å². The number of anilines is 1. The van der Waals surface area contributed by atoms with Gasteiger partial charge in [-0.05, 0) is 25.5 Å². The van der Waals surface area contributed by atoms with Crippen LogP contribution in [0.5, 0.6) is 0 Å². The summed E-state index contributed by atoms with van der Waals surface area (Å²) in [5.41, 5.74) is 2.45. The fourth-order valence-electron chi connectivity index (χ4n) is 2.39. The molecule has 0 aliphatic carbocycles. The van der Waals surface area contributed by atoms with Crippen molar-refractivity contribution >= 4 is 5.69 Å². The molecule has 4 nitrogen and oxygen atoms in total. The van der Waals surface area contributed by atoms with Crippen LogP contribution in [-0.4, -0.2) is 36.3 Å². The average Bonchev–Trinajstić information content (AvgIpc) is 2.35. The highest BCUT2D eigenvalue weighted by Crippen LogP contribution is 2.25. The number of hydrogen-bond donors (Lipinski definition) is 1. The molecule has 19 heavy (non-hydrogen) atoms. The minimum atomic E-state index is -0.0865. The van der Waals surface area contributed by atoms with Crippen LogP contribution < -0.4 is 10.2 Å². The Hall–Kier alpha value is -1.13. The van der Waals surface area contributed by atoms with Gasteiger partial charge in [0.15, 0.2) is 0 Å². The van der Waals surface area contributed by atoms with E-state index in [0.29, 0.717) is 6.04 Å². The normalized spacial score (nSPS) is 18.9. The third-order valence-corrected chi connectivity index (χ3v) is 3.35. The van der Waals surface area contributed by atoms with E-state index in [4.69, 9.17) is 4.74 Å². The van der Waals surface area contributed by atoms with E-state index >= 15 is 0 Å². The van der Waals surface area contributed by atoms with E-state index in [2.05, 4.69) is 49.0 Å². The van der Waals surface area contributed by atoms with Gasteiger partial charge in [0.2, 0.25) is 0 Å². The van der Waals surface area contributed by atoms with Crippen molar-refractivity contribution in [2.45, 2.75) is 45.9 Å². The minimum Gasteiger partial charge on any atom is -0.372 e. The van der Waals surface area contributed by atoms with E-state index in [1.807, 2.05) is 12.4 Å². The fourth-order valence-corrected chi connectivity index (χ4v) is 2.39. The van der Waals surface area contributed by atoms with Crippen LogP contribution in [-0.2, 0) is 11.3 Å². The second kappa shape index (κ2) is 5.88. The van der Waals surface area contributed by atoms with E-state index in [9.17, 15) is 0 Å². The summed E-state index contributed by atoms with van der Waals surface area (Å²) in [5.74, 6) is 0. The summed E-state index contributed by atoms with van der Waals surface area (Å²) in [4.78, 5) is 6.67. The Morgan fingerprint density at radius 3 is 2.95 bits per heavy atom. The summed E-state index contributed by atoms with van der Waals surface area (Å²) in [7, 11) is 0. The zero-order valence-electron chi connectivity index (χ0n) is 12.4. The monoisotopic (exact) mass is 263 g/mol. The zero-order chi connectivity index (χ0) is 13.9. The molecule has 1 fully saturated rings. The summed E-state index contributed by atoms with van der Waals surface area (Å²) >= 11 is 0. The molecule has 1 N–H and O–H groups in total. The molecule has 1 aliphatic heterocycles. The highest BCUT2D eigenvalue weighted by atomic mass is 16.5. The first-order chi connectivity index (χ1) is 8.98. The van der Waals surface area contributed by atoms with E-state index < -0.39 is 0 Å². The zero-order valence-corrected chi connectivity index (χ0v) is 12.4. The summed E-state index contributed by atoms with van der Waals surface area (Å²) < 4.78 is 5.78. The lowest BCUT2D eigenvalue weighted by atomic mass is 10.1. The van der Waals surface area contributed by atoms with Crippen LogP contribution in [0.25, 0.3) is 0 Å². The molecule has 0 amide bonds. The lowest BCUT2D eigenvalue weighted by Gasteiger charge is -2.40. The number of morpholine rings is 1. The van der Waals surface area contributed by atoms with Gasteiger partial charge >= 0.3 is 0 Å². The maximum atomic E-state index is 5.78. The molecule has 0 unspecified atom stereocenters. The molecule has 2 heterocycles. The Morgan fingerprint density at radius 2 is 2.26 bits per heavy atom. The molecule has 4 heteroatoms. The fraction of sp³-hybridized carbons (Fsp3) is 0.667. The van der Waals surface area contributed by atoms with Crippen LogP contribution in [0.4, 0.5) is 5.69 Å². The Balaban J connectivity index is 2.14. The number of rotatable bonds is 4. The van der Waals surface area contributed by atoms with E-state index in [0.717, 1.165) is 26.2 Å². The molecule has 0 radical (unpaired) electrons. The number of nitrogens with zero attached hydrogens (tertiary/aromatic N) is 2. The molecule has 0 atom stereocenters. The van der Waals surface area contributed by atoms with Gasteiger partial charge in [0.1, 0.15) is 0 Å². The van der Waals surface area contributed by atoms with Gasteiger partial charge < -0.3 is 15.0 Å². The Labute approximate surface area is 116 Å². The van der Waals surface area contributed by atoms with Crippen LogP contribution in [0.2, 0.25) is 0 Å². The van der Waals surface area contributed by atoms with Gasteiger partial charge in [-0.25, -0.2) is 0 Å². The lowest BCUT2D eigenvalue weighted by molar-refractivity contribution is -0.0277. The topological polar surface area (TPSA) is 37.4 Å². The Morgan fingerprint density at radius 1 is 1.47 bits per heavy atom. The molecule has 0 saturated carbocycles. The average molecular weight is 263 g/mol. The van der Waals surface area contributed by atoms with Gasteiger partial charge in [-0.15, -0.1) is 0 Å². The van der Waals surface area contributed by atoms with Crippen LogP contribution in [0.3, 0.4) is 0 Å². The smallest absolute Gasteiger partial charge is 0.0801 e. The maximum absolute atomic E-state index is 5.78. The van der Waals surface area contributed by atoms with Crippen LogP contribution in [0.15, 0.2) is 18.5 Å². The van der Waals surface area contributed by atoms with Gasteiger partial charge in [-0.2, -0.15) is 0 Å². The molecule has 2 rings (SSSR count). The number of nitrogens with one attached hydrogen (secondary N) is 1. The SMILES string of the molecule is CC(C)NCc1ccncc1N1CCOC(C)(C)C1. The second-order valence-corrected chi connectivity index (χ2v) is 6.07. The Kier molecular flexibility index (Phi) is 4.42. The first kappa shape index (κ1) is 14.3. The van der Waals surface area contributed by atoms with Crippen LogP contribution in [0, 0.1) is 0 Å². The third kappa shape index (κ3) is 3.91. The predicted molar refractivity (Wildman–Crippen MR) is 78.5 cm³/mol. The summed E-state index contributed by atoms with van der Waals surface area (Å²) in [5, 5.41) is 3.48. The van der Waals surface area contributed by atoms with Crippen molar-refractivity contribution in [2.75, 3.05) is 24.6 Å². The highest BCUT2D eigenvalue weighted by molar-refractivity contribution is 5.52. The van der Waals surface area contributed by atoms with Gasteiger partial charge in [0.25, 0.3) is 0 Å². The van der Waals surface area contributed by atoms with Crippen molar-refractivity contribution in [3.05, 3.63) is 24.0 Å². The van der Waals surface area contributed by atoms with Crippen molar-refractivity contribution in [1.82, 2.24) is 10.3 Å². The number of ether oxygens (including phenoxy) is 1. The first-order valence-electron chi connectivity index (χ1n) is 7.03. The quantitative estimate of drug-likeness (QED) is 0.903. The molecule has 1 aromatic rings. The van der Waals surface area contributed by atoms with Crippen molar-refractivity contribution in [3.63, 3.8) is 0 Å². The van der Waals surface area contributed by atoms with Crippen molar-refractivity contribution in [1.29, 1.82) is 0 Å². The second-order valence-electron chi connectivity index (χ2n) is 6.07. The molecule has 0 bridgehead atoms. The molecule has 0 aromatic carbocycles. The summed E-state index contributed by atoms with van der Waals surface area (Å²) in [6.45, 7) is 12.1. The van der Waals surface area contributed by atoms with Crippen LogP contribution >= 0.6 is 0 Å². The lowest BCUT2D eigenvalue weighted by Crippen LogP contribution is -2.48. The molecule has 106 valence electrons. The molecule has 1 aliphatic rings. The predicted octanol–water partition coefficient (Wildman–Crippen LogP) is 2.19. The number of pyridine rings is 1. The standard InChI is InChI=1S/C15H25N3O/c1-12(2)17-9-13-5-6-16-10-14(13)18-7-8-19-15(3,4)11-18/h5-6,10,12,17H,7-9,11H2,1-4H3. The molecular formula is C15H25N3O. The van der Waals surface area contributed by atoms with E-state index in [1.165, 1.54) is 11.3 Å². The van der Waals surface area contributed by atoms with Gasteiger partial charge in [0, 0.05) is 31.9 Å². The van der Waals surface area contributed by atoms with E-state index in [-0.39, 0.29) is 5.60 Å². The highest BCUT2D eigenvalue weighted by Gasteiger charge is 2.28. The van der Waals surface area contributed by atoms with Crippen LogP contribution in [0.1, 0.15) is 33.3 Å².